The lowest BCUT2D eigenvalue weighted by Gasteiger charge is -2.15. The van der Waals surface area contributed by atoms with E-state index in [4.69, 9.17) is 49.0 Å². The molecule has 0 N–H and O–H groups in total. The molecule has 2 rings (SSSR count). The number of ketones is 1. The van der Waals surface area contributed by atoms with Gasteiger partial charge in [0.1, 0.15) is 22.8 Å². The van der Waals surface area contributed by atoms with E-state index in [0.717, 1.165) is 0 Å². The average molecular weight is 376 g/mol. The maximum atomic E-state index is 13.0. The molecule has 0 aliphatic heterocycles. The second kappa shape index (κ2) is 7.30. The molecule has 0 bridgehead atoms. The van der Waals surface area contributed by atoms with Crippen molar-refractivity contribution in [2.45, 2.75) is 0 Å². The van der Waals surface area contributed by atoms with Gasteiger partial charge in [0.25, 0.3) is 0 Å². The van der Waals surface area contributed by atoms with Crippen molar-refractivity contribution in [3.05, 3.63) is 50.5 Å². The third-order valence-electron chi connectivity index (χ3n) is 3.21. The lowest BCUT2D eigenvalue weighted by Crippen LogP contribution is -2.08. The molecule has 23 heavy (non-hydrogen) atoms. The molecule has 0 amide bonds. The summed E-state index contributed by atoms with van der Waals surface area (Å²) in [5.74, 6) is 0.578. The molecule has 0 aliphatic rings. The standard InChI is InChI=1S/C16H13Cl3O4/c1-21-8-6-11(22-2)14(12(7-8)23-3)16(20)13-9(17)4-5-10(18)15(13)19/h4-7H,1-3H3. The number of carbonyl (C=O) groups excluding carboxylic acids is 1. The largest absolute Gasteiger partial charge is 0.496 e. The van der Waals surface area contributed by atoms with Gasteiger partial charge in [-0.05, 0) is 12.1 Å². The number of halogens is 3. The maximum absolute atomic E-state index is 13.0. The Hall–Kier alpha value is -1.62. The predicted molar refractivity (Wildman–Crippen MR) is 91.0 cm³/mol. The minimum absolute atomic E-state index is 0.0732. The second-order valence-corrected chi connectivity index (χ2v) is 5.65. The summed E-state index contributed by atoms with van der Waals surface area (Å²) in [5, 5.41) is 0.485. The van der Waals surface area contributed by atoms with Gasteiger partial charge in [-0.1, -0.05) is 34.8 Å². The molecular formula is C16H13Cl3O4. The number of methoxy groups -OCH3 is 3. The van der Waals surface area contributed by atoms with E-state index in [2.05, 4.69) is 0 Å². The summed E-state index contributed by atoms with van der Waals surface area (Å²) in [6, 6.07) is 6.17. The van der Waals surface area contributed by atoms with E-state index < -0.39 is 5.78 Å². The maximum Gasteiger partial charge on any atom is 0.203 e. The summed E-state index contributed by atoms with van der Waals surface area (Å²) in [6.45, 7) is 0. The zero-order valence-electron chi connectivity index (χ0n) is 12.6. The highest BCUT2D eigenvalue weighted by molar-refractivity contribution is 6.47. The minimum Gasteiger partial charge on any atom is -0.496 e. The monoisotopic (exact) mass is 374 g/mol. The molecule has 0 aromatic heterocycles. The summed E-state index contributed by atoms with van der Waals surface area (Å²) < 4.78 is 15.7. The Morgan fingerprint density at radius 1 is 0.826 bits per heavy atom. The van der Waals surface area contributed by atoms with Gasteiger partial charge < -0.3 is 14.2 Å². The Morgan fingerprint density at radius 3 is 1.83 bits per heavy atom. The first kappa shape index (κ1) is 17.7. The van der Waals surface area contributed by atoms with E-state index in [1.54, 1.807) is 12.1 Å². The van der Waals surface area contributed by atoms with Crippen LogP contribution in [-0.4, -0.2) is 27.1 Å². The van der Waals surface area contributed by atoms with Crippen LogP contribution in [0, 0.1) is 0 Å². The van der Waals surface area contributed by atoms with E-state index in [0.29, 0.717) is 5.75 Å². The normalized spacial score (nSPS) is 10.3. The summed E-state index contributed by atoms with van der Waals surface area (Å²) in [6.07, 6.45) is 0. The molecule has 0 saturated carbocycles. The Kier molecular flexibility index (Phi) is 5.63. The van der Waals surface area contributed by atoms with Gasteiger partial charge in [0.2, 0.25) is 5.78 Å². The molecule has 7 heteroatoms. The second-order valence-electron chi connectivity index (χ2n) is 4.45. The quantitative estimate of drug-likeness (QED) is 0.550. The molecule has 2 aromatic rings. The van der Waals surface area contributed by atoms with Crippen LogP contribution in [0.4, 0.5) is 0 Å². The smallest absolute Gasteiger partial charge is 0.203 e. The highest BCUT2D eigenvalue weighted by atomic mass is 35.5. The van der Waals surface area contributed by atoms with Crippen molar-refractivity contribution >= 4 is 40.6 Å². The van der Waals surface area contributed by atoms with Gasteiger partial charge in [-0.15, -0.1) is 0 Å². The fraction of sp³-hybridized carbons (Fsp3) is 0.188. The van der Waals surface area contributed by atoms with Crippen molar-refractivity contribution in [2.24, 2.45) is 0 Å². The number of hydrogen-bond donors (Lipinski definition) is 0. The molecule has 0 aliphatic carbocycles. The summed E-state index contributed by atoms with van der Waals surface area (Å²) in [7, 11) is 4.37. The number of carbonyl (C=O) groups is 1. The number of benzene rings is 2. The molecular weight excluding hydrogens is 363 g/mol. The zero-order chi connectivity index (χ0) is 17.1. The van der Waals surface area contributed by atoms with Gasteiger partial charge in [-0.3, -0.25) is 4.79 Å². The fourth-order valence-electron chi connectivity index (χ4n) is 2.09. The van der Waals surface area contributed by atoms with Crippen molar-refractivity contribution in [3.8, 4) is 17.2 Å². The van der Waals surface area contributed by atoms with E-state index >= 15 is 0 Å². The first-order valence-corrected chi connectivity index (χ1v) is 7.56. The molecule has 0 unspecified atom stereocenters. The lowest BCUT2D eigenvalue weighted by atomic mass is 10.0. The molecule has 122 valence electrons. The summed E-state index contributed by atoms with van der Waals surface area (Å²) in [4.78, 5) is 13.0. The van der Waals surface area contributed by atoms with Gasteiger partial charge in [0.15, 0.2) is 0 Å². The van der Waals surface area contributed by atoms with Crippen molar-refractivity contribution in [1.82, 2.24) is 0 Å². The van der Waals surface area contributed by atoms with Gasteiger partial charge in [-0.2, -0.15) is 0 Å². The van der Waals surface area contributed by atoms with Crippen LogP contribution >= 0.6 is 34.8 Å². The number of ether oxygens (including phenoxy) is 3. The number of hydrogen-bond acceptors (Lipinski definition) is 4. The summed E-state index contributed by atoms with van der Waals surface area (Å²) >= 11 is 18.3. The lowest BCUT2D eigenvalue weighted by molar-refractivity contribution is 0.103. The van der Waals surface area contributed by atoms with Crippen molar-refractivity contribution in [3.63, 3.8) is 0 Å². The van der Waals surface area contributed by atoms with E-state index in [1.165, 1.54) is 33.5 Å². The van der Waals surface area contributed by atoms with Crippen molar-refractivity contribution in [2.75, 3.05) is 21.3 Å². The first-order chi connectivity index (χ1) is 10.9. The molecule has 0 spiro atoms. The molecule has 0 radical (unpaired) electrons. The summed E-state index contributed by atoms with van der Waals surface area (Å²) in [5.41, 5.74) is 0.268. The van der Waals surface area contributed by atoms with Crippen LogP contribution in [0.25, 0.3) is 0 Å². The fourth-order valence-corrected chi connectivity index (χ4v) is 2.79. The molecule has 4 nitrogen and oxygen atoms in total. The molecule has 0 fully saturated rings. The van der Waals surface area contributed by atoms with Gasteiger partial charge in [0, 0.05) is 12.1 Å². The van der Waals surface area contributed by atoms with Crippen LogP contribution in [0.2, 0.25) is 15.1 Å². The van der Waals surface area contributed by atoms with Crippen molar-refractivity contribution in [1.29, 1.82) is 0 Å². The Morgan fingerprint density at radius 2 is 1.35 bits per heavy atom. The van der Waals surface area contributed by atoms with E-state index in [-0.39, 0.29) is 37.7 Å². The first-order valence-electron chi connectivity index (χ1n) is 6.42. The average Bonchev–Trinajstić information content (AvgIpc) is 2.56. The van der Waals surface area contributed by atoms with Crippen LogP contribution in [0.15, 0.2) is 24.3 Å². The van der Waals surface area contributed by atoms with Crippen LogP contribution < -0.4 is 14.2 Å². The topological polar surface area (TPSA) is 44.8 Å². The molecule has 0 heterocycles. The highest BCUT2D eigenvalue weighted by Crippen LogP contribution is 2.39. The Bertz CT molecular complexity index is 734. The van der Waals surface area contributed by atoms with Gasteiger partial charge in [-0.25, -0.2) is 0 Å². The van der Waals surface area contributed by atoms with Crippen molar-refractivity contribution < 1.29 is 19.0 Å². The molecule has 0 saturated heterocycles. The third-order valence-corrected chi connectivity index (χ3v) is 4.33. The molecule has 0 atom stereocenters. The van der Waals surface area contributed by atoms with E-state index in [9.17, 15) is 4.79 Å². The number of rotatable bonds is 5. The third kappa shape index (κ3) is 3.34. The van der Waals surface area contributed by atoms with Gasteiger partial charge in [0.05, 0.1) is 42.0 Å². The predicted octanol–water partition coefficient (Wildman–Crippen LogP) is 4.90. The Balaban J connectivity index is 2.71. The Labute approximate surface area is 148 Å². The van der Waals surface area contributed by atoms with Crippen LogP contribution in [-0.2, 0) is 0 Å². The molecule has 2 aromatic carbocycles. The van der Waals surface area contributed by atoms with Crippen LogP contribution in [0.5, 0.6) is 17.2 Å². The van der Waals surface area contributed by atoms with Crippen LogP contribution in [0.3, 0.4) is 0 Å². The van der Waals surface area contributed by atoms with Crippen LogP contribution in [0.1, 0.15) is 15.9 Å². The SMILES string of the molecule is COc1cc(OC)c(C(=O)c2c(Cl)ccc(Cl)c2Cl)c(OC)c1. The highest BCUT2D eigenvalue weighted by Gasteiger charge is 2.26. The van der Waals surface area contributed by atoms with Gasteiger partial charge >= 0.3 is 0 Å². The van der Waals surface area contributed by atoms with E-state index in [1.807, 2.05) is 0 Å². The minimum atomic E-state index is -0.459. The zero-order valence-corrected chi connectivity index (χ0v) is 14.8.